The minimum atomic E-state index is -0.344. The topological polar surface area (TPSA) is 92.6 Å². The monoisotopic (exact) mass is 379 g/mol. The average molecular weight is 380 g/mol. The molecule has 3 N–H and O–H groups in total. The van der Waals surface area contributed by atoms with Gasteiger partial charge in [-0.25, -0.2) is 0 Å². The lowest BCUT2D eigenvalue weighted by Crippen LogP contribution is -2.39. The number of rotatable bonds is 7. The zero-order valence-electron chi connectivity index (χ0n) is 14.2. The van der Waals surface area contributed by atoms with Crippen LogP contribution in [0.4, 0.5) is 5.69 Å². The molecule has 0 bridgehead atoms. The molecule has 0 spiro atoms. The van der Waals surface area contributed by atoms with Crippen molar-refractivity contribution in [3.8, 4) is 5.75 Å². The van der Waals surface area contributed by atoms with Gasteiger partial charge in [0.05, 0.1) is 6.26 Å². The van der Waals surface area contributed by atoms with E-state index in [0.29, 0.717) is 24.0 Å². The van der Waals surface area contributed by atoms with Crippen LogP contribution in [0, 0.1) is 0 Å². The second kappa shape index (κ2) is 9.84. The van der Waals surface area contributed by atoms with E-state index in [4.69, 9.17) is 9.15 Å². The fourth-order valence-electron chi connectivity index (χ4n) is 2.63. The highest BCUT2D eigenvalue weighted by Gasteiger charge is 2.15. The molecule has 7 nitrogen and oxygen atoms in total. The van der Waals surface area contributed by atoms with E-state index in [9.17, 15) is 9.59 Å². The first-order valence-electron chi connectivity index (χ1n) is 8.28. The van der Waals surface area contributed by atoms with E-state index in [1.807, 2.05) is 0 Å². The number of ether oxygens (including phenoxy) is 1. The maximum Gasteiger partial charge on any atom is 0.291 e. The number of nitrogens with one attached hydrogen (secondary N) is 3. The van der Waals surface area contributed by atoms with Crippen molar-refractivity contribution in [3.63, 3.8) is 0 Å². The van der Waals surface area contributed by atoms with Crippen LogP contribution in [0.1, 0.15) is 23.4 Å². The fraction of sp³-hybridized carbons (Fsp3) is 0.333. The first-order chi connectivity index (χ1) is 12.2. The van der Waals surface area contributed by atoms with Gasteiger partial charge in [-0.15, -0.1) is 12.4 Å². The van der Waals surface area contributed by atoms with E-state index >= 15 is 0 Å². The van der Waals surface area contributed by atoms with Crippen molar-refractivity contribution in [1.29, 1.82) is 0 Å². The molecule has 1 aliphatic rings. The number of benzene rings is 1. The summed E-state index contributed by atoms with van der Waals surface area (Å²) in [5.41, 5.74) is 0.564. The van der Waals surface area contributed by atoms with Crippen molar-refractivity contribution in [1.82, 2.24) is 10.6 Å². The van der Waals surface area contributed by atoms with E-state index in [0.717, 1.165) is 19.4 Å². The van der Waals surface area contributed by atoms with Gasteiger partial charge in [-0.3, -0.25) is 9.59 Å². The third-order valence-electron chi connectivity index (χ3n) is 3.91. The highest BCUT2D eigenvalue weighted by atomic mass is 35.5. The number of furan rings is 1. The Morgan fingerprint density at radius 3 is 2.88 bits per heavy atom. The van der Waals surface area contributed by atoms with Crippen LogP contribution in [0.5, 0.6) is 5.75 Å². The molecule has 1 fully saturated rings. The summed E-state index contributed by atoms with van der Waals surface area (Å²) in [5, 5.41) is 8.88. The van der Waals surface area contributed by atoms with Gasteiger partial charge in [0, 0.05) is 24.3 Å². The Morgan fingerprint density at radius 1 is 1.27 bits per heavy atom. The summed E-state index contributed by atoms with van der Waals surface area (Å²) in [5.74, 6) is 0.222. The van der Waals surface area contributed by atoms with Gasteiger partial charge in [0.2, 0.25) is 0 Å². The van der Waals surface area contributed by atoms with Crippen LogP contribution in [-0.2, 0) is 4.79 Å². The molecule has 140 valence electrons. The molecule has 2 amide bonds. The minimum Gasteiger partial charge on any atom is -0.484 e. The zero-order valence-corrected chi connectivity index (χ0v) is 15.0. The molecule has 0 saturated carbocycles. The summed E-state index contributed by atoms with van der Waals surface area (Å²) in [6, 6.07) is 10.4. The Balaban J connectivity index is 0.00000243. The number of carbonyl (C=O) groups is 2. The van der Waals surface area contributed by atoms with Crippen LogP contribution in [0.3, 0.4) is 0 Å². The molecule has 1 atom stereocenters. The van der Waals surface area contributed by atoms with Gasteiger partial charge in [-0.2, -0.15) is 0 Å². The van der Waals surface area contributed by atoms with E-state index in [1.165, 1.54) is 6.26 Å². The third kappa shape index (κ3) is 5.79. The first-order valence-corrected chi connectivity index (χ1v) is 8.28. The Hall–Kier alpha value is -2.51. The van der Waals surface area contributed by atoms with Gasteiger partial charge >= 0.3 is 0 Å². The maximum atomic E-state index is 11.9. The SMILES string of the molecule is Cl.O=C(COc1cccc(NC(=O)c2ccco2)c1)NCC1CCCN1. The fourth-order valence-corrected chi connectivity index (χ4v) is 2.63. The quantitative estimate of drug-likeness (QED) is 0.685. The molecule has 0 aliphatic carbocycles. The molecule has 1 aromatic carbocycles. The molecular weight excluding hydrogens is 358 g/mol. The van der Waals surface area contributed by atoms with Crippen LogP contribution < -0.4 is 20.7 Å². The van der Waals surface area contributed by atoms with E-state index in [2.05, 4.69) is 16.0 Å². The molecule has 0 radical (unpaired) electrons. The van der Waals surface area contributed by atoms with Crippen LogP contribution in [0.15, 0.2) is 47.1 Å². The molecular formula is C18H22ClN3O4. The van der Waals surface area contributed by atoms with Crippen LogP contribution >= 0.6 is 12.4 Å². The summed E-state index contributed by atoms with van der Waals surface area (Å²) in [6.45, 7) is 1.55. The van der Waals surface area contributed by atoms with Crippen molar-refractivity contribution >= 4 is 29.9 Å². The molecule has 1 aromatic heterocycles. The predicted molar refractivity (Wildman–Crippen MR) is 99.9 cm³/mol. The lowest BCUT2D eigenvalue weighted by Gasteiger charge is -2.12. The molecule has 1 unspecified atom stereocenters. The first kappa shape index (κ1) is 19.8. The Kier molecular flexibility index (Phi) is 7.50. The lowest BCUT2D eigenvalue weighted by molar-refractivity contribution is -0.123. The lowest BCUT2D eigenvalue weighted by atomic mass is 10.2. The second-order valence-corrected chi connectivity index (χ2v) is 5.85. The van der Waals surface area contributed by atoms with Gasteiger partial charge in [0.1, 0.15) is 5.75 Å². The molecule has 1 saturated heterocycles. The van der Waals surface area contributed by atoms with E-state index in [1.54, 1.807) is 36.4 Å². The van der Waals surface area contributed by atoms with Gasteiger partial charge < -0.3 is 25.1 Å². The Labute approximate surface area is 157 Å². The van der Waals surface area contributed by atoms with Crippen molar-refractivity contribution < 1.29 is 18.7 Å². The third-order valence-corrected chi connectivity index (χ3v) is 3.91. The molecule has 1 aliphatic heterocycles. The van der Waals surface area contributed by atoms with Gasteiger partial charge in [-0.1, -0.05) is 6.07 Å². The number of hydrogen-bond acceptors (Lipinski definition) is 5. The van der Waals surface area contributed by atoms with Crippen molar-refractivity contribution in [2.45, 2.75) is 18.9 Å². The number of amides is 2. The number of carbonyl (C=O) groups excluding carboxylic acids is 2. The van der Waals surface area contributed by atoms with Crippen LogP contribution in [-0.4, -0.2) is 37.6 Å². The van der Waals surface area contributed by atoms with Crippen molar-refractivity contribution in [3.05, 3.63) is 48.4 Å². The van der Waals surface area contributed by atoms with E-state index < -0.39 is 0 Å². The summed E-state index contributed by atoms with van der Waals surface area (Å²) < 4.78 is 10.5. The standard InChI is InChI=1S/C18H21N3O4.ClH/c22-17(20-11-14-5-2-8-19-14)12-25-15-6-1-4-13(10-15)21-18(23)16-7-3-9-24-16;/h1,3-4,6-7,9-10,14,19H,2,5,8,11-12H2,(H,20,22)(H,21,23);1H. The summed E-state index contributed by atoms with van der Waals surface area (Å²) in [7, 11) is 0. The predicted octanol–water partition coefficient (Wildman–Crippen LogP) is 2.20. The van der Waals surface area contributed by atoms with Crippen LogP contribution in [0.2, 0.25) is 0 Å². The average Bonchev–Trinajstić information content (AvgIpc) is 3.32. The largest absolute Gasteiger partial charge is 0.484 e. The van der Waals surface area contributed by atoms with E-state index in [-0.39, 0.29) is 36.6 Å². The molecule has 2 heterocycles. The highest BCUT2D eigenvalue weighted by molar-refractivity contribution is 6.02. The maximum absolute atomic E-state index is 11.9. The second-order valence-electron chi connectivity index (χ2n) is 5.85. The summed E-state index contributed by atoms with van der Waals surface area (Å²) in [6.07, 6.45) is 3.67. The van der Waals surface area contributed by atoms with Crippen molar-refractivity contribution in [2.75, 3.05) is 25.0 Å². The summed E-state index contributed by atoms with van der Waals surface area (Å²) >= 11 is 0. The normalized spacial score (nSPS) is 15.8. The van der Waals surface area contributed by atoms with Crippen molar-refractivity contribution in [2.24, 2.45) is 0 Å². The summed E-state index contributed by atoms with van der Waals surface area (Å²) in [4.78, 5) is 23.8. The van der Waals surface area contributed by atoms with Gasteiger partial charge in [-0.05, 0) is 43.7 Å². The Morgan fingerprint density at radius 2 is 2.15 bits per heavy atom. The number of hydrogen-bond donors (Lipinski definition) is 3. The minimum absolute atomic E-state index is 0. The highest BCUT2D eigenvalue weighted by Crippen LogP contribution is 2.18. The smallest absolute Gasteiger partial charge is 0.291 e. The van der Waals surface area contributed by atoms with Crippen LogP contribution in [0.25, 0.3) is 0 Å². The zero-order chi connectivity index (χ0) is 17.5. The molecule has 26 heavy (non-hydrogen) atoms. The molecule has 8 heteroatoms. The number of halogens is 1. The Bertz CT molecular complexity index is 715. The van der Waals surface area contributed by atoms with Gasteiger partial charge in [0.25, 0.3) is 11.8 Å². The molecule has 2 aromatic rings. The number of anilines is 1. The van der Waals surface area contributed by atoms with Gasteiger partial charge in [0.15, 0.2) is 12.4 Å². The molecule has 3 rings (SSSR count).